The number of hydrogen-bond acceptors (Lipinski definition) is 4. The minimum atomic E-state index is -0.583. The van der Waals surface area contributed by atoms with Crippen LogP contribution in [0.5, 0.6) is 0 Å². The highest BCUT2D eigenvalue weighted by atomic mass is 16.6. The lowest BCUT2D eigenvalue weighted by molar-refractivity contribution is -0.118. The van der Waals surface area contributed by atoms with Gasteiger partial charge in [-0.15, -0.1) is 0 Å². The van der Waals surface area contributed by atoms with E-state index in [1.54, 1.807) is 16.0 Å². The van der Waals surface area contributed by atoms with Gasteiger partial charge in [-0.1, -0.05) is 13.0 Å². The van der Waals surface area contributed by atoms with Gasteiger partial charge >= 0.3 is 6.09 Å². The van der Waals surface area contributed by atoms with Gasteiger partial charge in [0.2, 0.25) is 6.41 Å². The summed E-state index contributed by atoms with van der Waals surface area (Å²) in [7, 11) is 0. The van der Waals surface area contributed by atoms with Crippen molar-refractivity contribution in [2.75, 3.05) is 11.4 Å². The predicted octanol–water partition coefficient (Wildman–Crippen LogP) is 3.91. The van der Waals surface area contributed by atoms with Crippen molar-refractivity contribution in [2.45, 2.75) is 71.6 Å². The predicted molar refractivity (Wildman–Crippen MR) is 97.4 cm³/mol. The molecule has 1 aromatic rings. The van der Waals surface area contributed by atoms with Gasteiger partial charge < -0.3 is 9.64 Å². The summed E-state index contributed by atoms with van der Waals surface area (Å²) < 4.78 is 5.61. The maximum atomic E-state index is 12.9. The molecule has 0 aliphatic carbocycles. The molecule has 1 fully saturated rings. The number of anilines is 1. The second-order valence-corrected chi connectivity index (χ2v) is 7.53. The maximum Gasteiger partial charge on any atom is 0.416 e. The zero-order chi connectivity index (χ0) is 18.6. The summed E-state index contributed by atoms with van der Waals surface area (Å²) in [5, 5.41) is 0. The molecule has 0 bridgehead atoms. The quantitative estimate of drug-likeness (QED) is 0.758. The summed E-state index contributed by atoms with van der Waals surface area (Å²) >= 11 is 0. The Morgan fingerprint density at radius 2 is 2.24 bits per heavy atom. The third-order valence-electron chi connectivity index (χ3n) is 4.46. The van der Waals surface area contributed by atoms with Crippen LogP contribution >= 0.6 is 0 Å². The lowest BCUT2D eigenvalue weighted by Gasteiger charge is -2.33. The second kappa shape index (κ2) is 7.85. The van der Waals surface area contributed by atoms with Crippen LogP contribution in [0.4, 0.5) is 10.6 Å². The molecule has 6 heteroatoms. The smallest absolute Gasteiger partial charge is 0.416 e. The Hall–Kier alpha value is -2.11. The van der Waals surface area contributed by atoms with Gasteiger partial charge in [-0.3, -0.25) is 9.69 Å². The Morgan fingerprint density at radius 3 is 2.84 bits per heavy atom. The van der Waals surface area contributed by atoms with Crippen LogP contribution in [0.25, 0.3) is 0 Å². The van der Waals surface area contributed by atoms with Gasteiger partial charge in [0.05, 0.1) is 6.04 Å². The Kier molecular flexibility index (Phi) is 6.03. The Balaban J connectivity index is 2.44. The summed E-state index contributed by atoms with van der Waals surface area (Å²) in [4.78, 5) is 32.1. The van der Waals surface area contributed by atoms with E-state index in [-0.39, 0.29) is 12.1 Å². The number of hydrogen-bond donors (Lipinski definition) is 0. The van der Waals surface area contributed by atoms with E-state index in [0.29, 0.717) is 5.82 Å². The van der Waals surface area contributed by atoms with Crippen LogP contribution in [0, 0.1) is 0 Å². The number of amides is 2. The van der Waals surface area contributed by atoms with Gasteiger partial charge in [0.15, 0.2) is 0 Å². The molecule has 2 heterocycles. The van der Waals surface area contributed by atoms with Crippen LogP contribution in [0.15, 0.2) is 18.3 Å². The molecule has 2 amide bonds. The van der Waals surface area contributed by atoms with Crippen molar-refractivity contribution in [2.24, 2.45) is 0 Å². The molecule has 25 heavy (non-hydrogen) atoms. The van der Waals surface area contributed by atoms with Crippen molar-refractivity contribution in [3.05, 3.63) is 23.9 Å². The van der Waals surface area contributed by atoms with E-state index >= 15 is 0 Å². The fraction of sp³-hybridized carbons (Fsp3) is 0.632. The summed E-state index contributed by atoms with van der Waals surface area (Å²) in [5.41, 5.74) is 0.318. The summed E-state index contributed by atoms with van der Waals surface area (Å²) in [6.07, 6.45) is 4.76. The minimum Gasteiger partial charge on any atom is -0.443 e. The fourth-order valence-corrected chi connectivity index (χ4v) is 3.09. The molecule has 0 spiro atoms. The first kappa shape index (κ1) is 19.2. The van der Waals surface area contributed by atoms with E-state index in [1.807, 2.05) is 46.8 Å². The van der Waals surface area contributed by atoms with Gasteiger partial charge in [0.1, 0.15) is 11.4 Å². The van der Waals surface area contributed by atoms with Crippen LogP contribution in [0.1, 0.15) is 65.5 Å². The van der Waals surface area contributed by atoms with Gasteiger partial charge in [-0.2, -0.15) is 0 Å². The molecule has 0 saturated carbocycles. The number of carbonyl (C=O) groups is 2. The minimum absolute atomic E-state index is 0.0461. The first-order valence-corrected chi connectivity index (χ1v) is 8.96. The van der Waals surface area contributed by atoms with Crippen molar-refractivity contribution in [3.63, 3.8) is 0 Å². The van der Waals surface area contributed by atoms with Crippen molar-refractivity contribution in [1.82, 2.24) is 9.88 Å². The monoisotopic (exact) mass is 347 g/mol. The Labute approximate surface area is 150 Å². The molecular weight excluding hydrogens is 318 g/mol. The molecule has 1 saturated heterocycles. The summed E-state index contributed by atoms with van der Waals surface area (Å²) in [6, 6.07) is 3.70. The van der Waals surface area contributed by atoms with E-state index in [2.05, 4.69) is 4.98 Å². The SMILES string of the molecule is CC[C@@H](C)N(C(=O)OC(C)(C)C)c1ncccc1[C@H]1CCCN1C=O. The number of nitrogens with zero attached hydrogens (tertiary/aromatic N) is 3. The highest BCUT2D eigenvalue weighted by Crippen LogP contribution is 2.36. The molecule has 2 rings (SSSR count). The van der Waals surface area contributed by atoms with E-state index in [0.717, 1.165) is 37.8 Å². The number of pyridine rings is 1. The normalized spacial score (nSPS) is 18.8. The van der Waals surface area contributed by atoms with Crippen molar-refractivity contribution in [3.8, 4) is 0 Å². The maximum absolute atomic E-state index is 12.9. The van der Waals surface area contributed by atoms with Crippen molar-refractivity contribution < 1.29 is 14.3 Å². The lowest BCUT2D eigenvalue weighted by Crippen LogP contribution is -2.43. The third kappa shape index (κ3) is 4.50. The topological polar surface area (TPSA) is 62.7 Å². The Bertz CT molecular complexity index is 612. The molecule has 0 N–H and O–H groups in total. The van der Waals surface area contributed by atoms with E-state index < -0.39 is 11.7 Å². The molecule has 1 aliphatic rings. The first-order valence-electron chi connectivity index (χ1n) is 8.96. The average molecular weight is 347 g/mol. The molecule has 0 unspecified atom stereocenters. The first-order chi connectivity index (χ1) is 11.8. The molecule has 2 atom stereocenters. The molecule has 6 nitrogen and oxygen atoms in total. The zero-order valence-corrected chi connectivity index (χ0v) is 15.9. The zero-order valence-electron chi connectivity index (χ0n) is 15.9. The highest BCUT2D eigenvalue weighted by Gasteiger charge is 2.33. The lowest BCUT2D eigenvalue weighted by atomic mass is 10.0. The molecule has 1 aromatic heterocycles. The number of rotatable bonds is 5. The van der Waals surface area contributed by atoms with Gasteiger partial charge in [-0.05, 0) is 53.0 Å². The number of aromatic nitrogens is 1. The Morgan fingerprint density at radius 1 is 1.52 bits per heavy atom. The van der Waals surface area contributed by atoms with Crippen LogP contribution in [0.2, 0.25) is 0 Å². The second-order valence-electron chi connectivity index (χ2n) is 7.53. The van der Waals surface area contributed by atoms with Gasteiger partial charge in [-0.25, -0.2) is 9.78 Å². The van der Waals surface area contributed by atoms with E-state index in [9.17, 15) is 9.59 Å². The van der Waals surface area contributed by atoms with Crippen molar-refractivity contribution >= 4 is 18.3 Å². The molecule has 1 aliphatic heterocycles. The van der Waals surface area contributed by atoms with Crippen LogP contribution in [-0.2, 0) is 9.53 Å². The van der Waals surface area contributed by atoms with Crippen LogP contribution in [0.3, 0.4) is 0 Å². The molecule has 0 aromatic carbocycles. The van der Waals surface area contributed by atoms with Gasteiger partial charge in [0, 0.05) is 24.3 Å². The van der Waals surface area contributed by atoms with Crippen LogP contribution < -0.4 is 4.90 Å². The van der Waals surface area contributed by atoms with E-state index in [4.69, 9.17) is 4.74 Å². The highest BCUT2D eigenvalue weighted by molar-refractivity contribution is 5.88. The molecular formula is C19H29N3O3. The molecule has 138 valence electrons. The number of ether oxygens (including phenoxy) is 1. The standard InChI is InChI=1S/C19H29N3O3/c1-6-14(2)22(18(24)25-19(3,4)5)17-15(9-7-11-20-17)16-10-8-12-21(16)13-23/h7,9,11,13-14,16H,6,8,10,12H2,1-5H3/t14-,16-/m1/s1. The van der Waals surface area contributed by atoms with Crippen molar-refractivity contribution in [1.29, 1.82) is 0 Å². The third-order valence-corrected chi connectivity index (χ3v) is 4.46. The number of carbonyl (C=O) groups excluding carboxylic acids is 2. The number of likely N-dealkylation sites (tertiary alicyclic amines) is 1. The summed E-state index contributed by atoms with van der Waals surface area (Å²) in [6.45, 7) is 10.3. The largest absolute Gasteiger partial charge is 0.443 e. The van der Waals surface area contributed by atoms with E-state index in [1.165, 1.54) is 0 Å². The van der Waals surface area contributed by atoms with Gasteiger partial charge in [0.25, 0.3) is 0 Å². The average Bonchev–Trinajstić information content (AvgIpc) is 3.02. The van der Waals surface area contributed by atoms with Crippen LogP contribution in [-0.4, -0.2) is 40.6 Å². The molecule has 0 radical (unpaired) electrons. The fourth-order valence-electron chi connectivity index (χ4n) is 3.09. The summed E-state index contributed by atoms with van der Waals surface area (Å²) in [5.74, 6) is 0.588.